The molecule has 2 aromatic carbocycles. The van der Waals surface area contributed by atoms with Gasteiger partial charge in [-0.1, -0.05) is 48.5 Å². The van der Waals surface area contributed by atoms with E-state index in [0.717, 1.165) is 16.0 Å². The number of carbonyl (C=O) groups excluding carboxylic acids is 1. The number of thioether (sulfide) groups is 1. The summed E-state index contributed by atoms with van der Waals surface area (Å²) in [6, 6.07) is 16.4. The Balaban J connectivity index is 1.79. The van der Waals surface area contributed by atoms with Gasteiger partial charge < -0.3 is 10.0 Å². The molecule has 3 rings (SSSR count). The molecule has 1 aliphatic rings. The van der Waals surface area contributed by atoms with Crippen molar-refractivity contribution in [2.24, 2.45) is 0 Å². The largest absolute Gasteiger partial charge is 0.480 e. The summed E-state index contributed by atoms with van der Waals surface area (Å²) in [5, 5.41) is 9.59. The van der Waals surface area contributed by atoms with E-state index in [9.17, 15) is 14.7 Å². The Bertz CT molecular complexity index is 747. The van der Waals surface area contributed by atoms with Gasteiger partial charge in [0.15, 0.2) is 0 Å². The lowest BCUT2D eigenvalue weighted by Crippen LogP contribution is -2.45. The Kier molecular flexibility index (Phi) is 4.90. The van der Waals surface area contributed by atoms with Gasteiger partial charge in [0, 0.05) is 24.1 Å². The number of rotatable bonds is 5. The van der Waals surface area contributed by atoms with Crippen molar-refractivity contribution in [3.8, 4) is 0 Å². The molecule has 0 fully saturated rings. The van der Waals surface area contributed by atoms with Crippen molar-refractivity contribution >= 4 is 23.6 Å². The maximum Gasteiger partial charge on any atom is 0.326 e. The van der Waals surface area contributed by atoms with Gasteiger partial charge in [0.25, 0.3) is 0 Å². The van der Waals surface area contributed by atoms with Crippen LogP contribution in [0.5, 0.6) is 0 Å². The highest BCUT2D eigenvalue weighted by Crippen LogP contribution is 2.40. The smallest absolute Gasteiger partial charge is 0.326 e. The van der Waals surface area contributed by atoms with E-state index in [1.54, 1.807) is 18.8 Å². The number of hydrogen-bond acceptors (Lipinski definition) is 3. The first-order valence-electron chi connectivity index (χ1n) is 7.83. The second-order valence-electron chi connectivity index (χ2n) is 5.89. The topological polar surface area (TPSA) is 57.6 Å². The SMILES string of the molecule is CN(C(=O)C1CSc2ccccc21)C(Cc1ccccc1)C(=O)O. The van der Waals surface area contributed by atoms with Crippen molar-refractivity contribution in [2.75, 3.05) is 12.8 Å². The van der Waals surface area contributed by atoms with Crippen LogP contribution in [0, 0.1) is 0 Å². The van der Waals surface area contributed by atoms with Crippen LogP contribution in [-0.4, -0.2) is 40.7 Å². The van der Waals surface area contributed by atoms with Crippen LogP contribution < -0.4 is 0 Å². The van der Waals surface area contributed by atoms with Crippen molar-refractivity contribution in [1.82, 2.24) is 4.90 Å². The van der Waals surface area contributed by atoms with Gasteiger partial charge in [0.1, 0.15) is 6.04 Å². The van der Waals surface area contributed by atoms with Gasteiger partial charge in [-0.2, -0.15) is 0 Å². The first-order valence-corrected chi connectivity index (χ1v) is 8.81. The molecule has 24 heavy (non-hydrogen) atoms. The molecule has 124 valence electrons. The minimum absolute atomic E-state index is 0.129. The number of amides is 1. The van der Waals surface area contributed by atoms with E-state index in [-0.39, 0.29) is 11.8 Å². The van der Waals surface area contributed by atoms with Gasteiger partial charge in [-0.15, -0.1) is 11.8 Å². The lowest BCUT2D eigenvalue weighted by molar-refractivity contribution is -0.149. The third-order valence-corrected chi connectivity index (χ3v) is 5.55. The van der Waals surface area contributed by atoms with E-state index >= 15 is 0 Å². The fraction of sp³-hybridized carbons (Fsp3) is 0.263. The zero-order valence-corrected chi connectivity index (χ0v) is 14.2. The van der Waals surface area contributed by atoms with E-state index < -0.39 is 12.0 Å². The Hall–Kier alpha value is -2.27. The highest BCUT2D eigenvalue weighted by Gasteiger charge is 2.35. The molecule has 2 atom stereocenters. The fourth-order valence-corrected chi connectivity index (χ4v) is 4.21. The summed E-state index contributed by atoms with van der Waals surface area (Å²) >= 11 is 1.65. The number of aliphatic carboxylic acids is 1. The van der Waals surface area contributed by atoms with Crippen molar-refractivity contribution < 1.29 is 14.7 Å². The van der Waals surface area contributed by atoms with Crippen molar-refractivity contribution in [2.45, 2.75) is 23.3 Å². The molecule has 0 radical (unpaired) electrons. The van der Waals surface area contributed by atoms with Gasteiger partial charge in [-0.05, 0) is 17.2 Å². The molecule has 4 nitrogen and oxygen atoms in total. The van der Waals surface area contributed by atoms with E-state index in [1.165, 1.54) is 4.90 Å². The minimum atomic E-state index is -0.978. The molecule has 0 spiro atoms. The van der Waals surface area contributed by atoms with Crippen LogP contribution >= 0.6 is 11.8 Å². The fourth-order valence-electron chi connectivity index (χ4n) is 2.99. The maximum absolute atomic E-state index is 12.9. The molecular formula is C19H19NO3S. The van der Waals surface area contributed by atoms with Gasteiger partial charge in [-0.3, -0.25) is 4.79 Å². The lowest BCUT2D eigenvalue weighted by atomic mass is 9.98. The quantitative estimate of drug-likeness (QED) is 0.908. The van der Waals surface area contributed by atoms with E-state index in [4.69, 9.17) is 0 Å². The summed E-state index contributed by atoms with van der Waals surface area (Å²) in [4.78, 5) is 27.1. The highest BCUT2D eigenvalue weighted by molar-refractivity contribution is 7.99. The van der Waals surface area contributed by atoms with Crippen molar-refractivity contribution in [1.29, 1.82) is 0 Å². The predicted molar refractivity (Wildman–Crippen MR) is 94.2 cm³/mol. The molecule has 1 N–H and O–H groups in total. The average molecular weight is 341 g/mol. The molecule has 1 heterocycles. The molecule has 0 bridgehead atoms. The summed E-state index contributed by atoms with van der Waals surface area (Å²) in [7, 11) is 1.59. The average Bonchev–Trinajstić information content (AvgIpc) is 3.03. The van der Waals surface area contributed by atoms with Gasteiger partial charge in [-0.25, -0.2) is 4.79 Å². The summed E-state index contributed by atoms with van der Waals surface area (Å²) in [6.45, 7) is 0. The summed E-state index contributed by atoms with van der Waals surface area (Å²) in [6.07, 6.45) is 0.305. The van der Waals surface area contributed by atoms with Crippen molar-refractivity contribution in [3.05, 3.63) is 65.7 Å². The third kappa shape index (κ3) is 3.31. The number of hydrogen-bond donors (Lipinski definition) is 1. The third-order valence-electron chi connectivity index (χ3n) is 4.37. The number of carboxylic acid groups (broad SMARTS) is 1. The Morgan fingerprint density at radius 2 is 1.83 bits per heavy atom. The monoisotopic (exact) mass is 341 g/mol. The van der Waals surface area contributed by atoms with Crippen molar-refractivity contribution in [3.63, 3.8) is 0 Å². The minimum Gasteiger partial charge on any atom is -0.480 e. The molecule has 5 heteroatoms. The first-order chi connectivity index (χ1) is 11.6. The number of carboxylic acids is 1. The molecular weight excluding hydrogens is 322 g/mol. The standard InChI is InChI=1S/C19H19NO3S/c1-20(16(19(22)23)11-13-7-3-2-4-8-13)18(21)15-12-24-17-10-6-5-9-14(15)17/h2-10,15-16H,11-12H2,1H3,(H,22,23). The van der Waals surface area contributed by atoms with Crippen LogP contribution in [0.15, 0.2) is 59.5 Å². The van der Waals surface area contributed by atoms with Gasteiger partial charge in [0.05, 0.1) is 5.92 Å². The van der Waals surface area contributed by atoms with Crippen LogP contribution in [0.1, 0.15) is 17.0 Å². The van der Waals surface area contributed by atoms with Gasteiger partial charge in [0.2, 0.25) is 5.91 Å². The van der Waals surface area contributed by atoms with E-state index in [1.807, 2.05) is 54.6 Å². The summed E-state index contributed by atoms with van der Waals surface area (Å²) in [5.41, 5.74) is 1.91. The number of fused-ring (bicyclic) bond motifs is 1. The molecule has 2 unspecified atom stereocenters. The van der Waals surface area contributed by atoms with Crippen LogP contribution in [0.2, 0.25) is 0 Å². The number of carbonyl (C=O) groups is 2. The Labute approximate surface area is 145 Å². The van der Waals surface area contributed by atoms with Crippen LogP contribution in [0.25, 0.3) is 0 Å². The number of benzene rings is 2. The zero-order chi connectivity index (χ0) is 17.1. The Morgan fingerprint density at radius 1 is 1.17 bits per heavy atom. The maximum atomic E-state index is 12.9. The molecule has 2 aromatic rings. The summed E-state index contributed by atoms with van der Waals surface area (Å²) < 4.78 is 0. The number of nitrogens with zero attached hydrogens (tertiary/aromatic N) is 1. The molecule has 0 aliphatic carbocycles. The summed E-state index contributed by atoms with van der Waals surface area (Å²) in [5.74, 6) is -0.710. The molecule has 0 saturated heterocycles. The predicted octanol–water partition coefficient (Wildman–Crippen LogP) is 3.03. The number of likely N-dealkylation sites (N-methyl/N-ethyl adjacent to an activating group) is 1. The van der Waals surface area contributed by atoms with Crippen LogP contribution in [0.3, 0.4) is 0 Å². The molecule has 0 saturated carbocycles. The van der Waals surface area contributed by atoms with Crippen LogP contribution in [0.4, 0.5) is 0 Å². The zero-order valence-electron chi connectivity index (χ0n) is 13.4. The van der Waals surface area contributed by atoms with E-state index in [0.29, 0.717) is 12.2 Å². The molecule has 0 aromatic heterocycles. The Morgan fingerprint density at radius 3 is 2.54 bits per heavy atom. The first kappa shape index (κ1) is 16.6. The van der Waals surface area contributed by atoms with E-state index in [2.05, 4.69) is 0 Å². The normalized spacial score (nSPS) is 17.1. The molecule has 1 aliphatic heterocycles. The second-order valence-corrected chi connectivity index (χ2v) is 6.96. The van der Waals surface area contributed by atoms with Gasteiger partial charge >= 0.3 is 5.97 Å². The second kappa shape index (κ2) is 7.09. The lowest BCUT2D eigenvalue weighted by Gasteiger charge is -2.27. The van der Waals surface area contributed by atoms with Crippen LogP contribution in [-0.2, 0) is 16.0 Å². The highest BCUT2D eigenvalue weighted by atomic mass is 32.2. The molecule has 1 amide bonds.